The van der Waals surface area contributed by atoms with Crippen LogP contribution in [0.3, 0.4) is 0 Å². The van der Waals surface area contributed by atoms with Crippen LogP contribution in [0.15, 0.2) is 78.2 Å². The maximum absolute atomic E-state index is 13.1. The molecule has 2 aromatic carbocycles. The van der Waals surface area contributed by atoms with Crippen LogP contribution in [0.5, 0.6) is 0 Å². The molecule has 4 rings (SSSR count). The number of nitrogens with one attached hydrogen (secondary N) is 1. The summed E-state index contributed by atoms with van der Waals surface area (Å²) in [5.41, 5.74) is 2.99. The Morgan fingerprint density at radius 3 is 2.22 bits per heavy atom. The molecule has 3 nitrogen and oxygen atoms in total. The molecule has 0 spiro atoms. The van der Waals surface area contributed by atoms with Gasteiger partial charge in [-0.2, -0.15) is 0 Å². The second-order valence-corrected chi connectivity index (χ2v) is 7.67. The Morgan fingerprint density at radius 2 is 1.56 bits per heavy atom. The molecule has 2 aromatic heterocycles. The van der Waals surface area contributed by atoms with E-state index in [-0.39, 0.29) is 18.0 Å². The lowest BCUT2D eigenvalue weighted by Crippen LogP contribution is -2.29. The van der Waals surface area contributed by atoms with Crippen molar-refractivity contribution in [2.45, 2.75) is 25.9 Å². The fourth-order valence-electron chi connectivity index (χ4n) is 3.48. The minimum absolute atomic E-state index is 0.0439. The first-order valence-electron chi connectivity index (χ1n) is 9.14. The normalized spacial score (nSPS) is 13.4. The van der Waals surface area contributed by atoms with Crippen LogP contribution < -0.4 is 5.32 Å². The lowest BCUT2D eigenvalue weighted by Gasteiger charge is -2.20. The highest BCUT2D eigenvalue weighted by molar-refractivity contribution is 7.16. The lowest BCUT2D eigenvalue weighted by molar-refractivity contribution is 0.0930. The Balaban J connectivity index is 1.69. The standard InChI is InChI=1S/C23H22N2OS/c1-16(18-9-5-3-6-10-18)24-22(26)21-15-20-13-14-27-23(20)25(21)17(2)19-11-7-4-8-12-19/h3-17H,1-2H3,(H,24,26). The Labute approximate surface area is 163 Å². The number of hydrogen-bond acceptors (Lipinski definition) is 2. The number of thiophene rings is 1. The first kappa shape index (κ1) is 17.6. The van der Waals surface area contributed by atoms with Gasteiger partial charge in [-0.15, -0.1) is 11.3 Å². The molecule has 4 aromatic rings. The Morgan fingerprint density at radius 1 is 0.926 bits per heavy atom. The predicted octanol–water partition coefficient (Wildman–Crippen LogP) is 5.80. The van der Waals surface area contributed by atoms with Crippen LogP contribution in [0.2, 0.25) is 0 Å². The summed E-state index contributed by atoms with van der Waals surface area (Å²) in [4.78, 5) is 14.3. The van der Waals surface area contributed by atoms with Crippen molar-refractivity contribution in [3.63, 3.8) is 0 Å². The number of nitrogens with zero attached hydrogens (tertiary/aromatic N) is 1. The second-order valence-electron chi connectivity index (χ2n) is 6.77. The summed E-state index contributed by atoms with van der Waals surface area (Å²) in [6.07, 6.45) is 0. The molecule has 4 heteroatoms. The lowest BCUT2D eigenvalue weighted by atomic mass is 10.1. The van der Waals surface area contributed by atoms with E-state index in [1.54, 1.807) is 11.3 Å². The summed E-state index contributed by atoms with van der Waals surface area (Å²) < 4.78 is 2.16. The fraction of sp³-hybridized carbons (Fsp3) is 0.174. The molecule has 0 radical (unpaired) electrons. The number of rotatable bonds is 5. The van der Waals surface area contributed by atoms with E-state index in [1.165, 1.54) is 5.56 Å². The van der Waals surface area contributed by atoms with Crippen LogP contribution in [0, 0.1) is 0 Å². The molecule has 27 heavy (non-hydrogen) atoms. The van der Waals surface area contributed by atoms with E-state index in [4.69, 9.17) is 0 Å². The molecular weight excluding hydrogens is 352 g/mol. The van der Waals surface area contributed by atoms with Crippen LogP contribution in [0.1, 0.15) is 47.5 Å². The van der Waals surface area contributed by atoms with Crippen LogP contribution in [-0.4, -0.2) is 10.5 Å². The van der Waals surface area contributed by atoms with Crippen molar-refractivity contribution < 1.29 is 4.79 Å². The third-order valence-corrected chi connectivity index (χ3v) is 5.92. The largest absolute Gasteiger partial charge is 0.344 e. The van der Waals surface area contributed by atoms with Gasteiger partial charge < -0.3 is 9.88 Å². The molecule has 0 saturated carbocycles. The Kier molecular flexibility index (Phi) is 4.82. The zero-order chi connectivity index (χ0) is 18.8. The highest BCUT2D eigenvalue weighted by Gasteiger charge is 2.22. The van der Waals surface area contributed by atoms with Crippen molar-refractivity contribution in [2.75, 3.05) is 0 Å². The van der Waals surface area contributed by atoms with E-state index in [2.05, 4.69) is 40.4 Å². The fourth-order valence-corrected chi connectivity index (χ4v) is 4.46. The first-order valence-corrected chi connectivity index (χ1v) is 10.0. The number of carbonyl (C=O) groups excluding carboxylic acids is 1. The first-order chi connectivity index (χ1) is 13.1. The quantitative estimate of drug-likeness (QED) is 0.470. The SMILES string of the molecule is CC(NC(=O)c1cc2ccsc2n1C(C)c1ccccc1)c1ccccc1. The minimum Gasteiger partial charge on any atom is -0.344 e. The van der Waals surface area contributed by atoms with Gasteiger partial charge in [-0.25, -0.2) is 0 Å². The molecular formula is C23H22N2OS. The number of amides is 1. The van der Waals surface area contributed by atoms with Crippen molar-refractivity contribution in [2.24, 2.45) is 0 Å². The van der Waals surface area contributed by atoms with Crippen molar-refractivity contribution in [3.8, 4) is 0 Å². The molecule has 2 atom stereocenters. The van der Waals surface area contributed by atoms with E-state index < -0.39 is 0 Å². The molecule has 0 aliphatic heterocycles. The molecule has 0 fully saturated rings. The second kappa shape index (κ2) is 7.41. The van der Waals surface area contributed by atoms with E-state index in [0.29, 0.717) is 5.69 Å². The van der Waals surface area contributed by atoms with E-state index in [0.717, 1.165) is 15.8 Å². The molecule has 2 unspecified atom stereocenters. The van der Waals surface area contributed by atoms with Gasteiger partial charge in [0.05, 0.1) is 12.1 Å². The van der Waals surface area contributed by atoms with E-state index in [1.807, 2.05) is 61.5 Å². The van der Waals surface area contributed by atoms with Gasteiger partial charge in [0.2, 0.25) is 0 Å². The van der Waals surface area contributed by atoms with Gasteiger partial charge in [0, 0.05) is 5.39 Å². The van der Waals surface area contributed by atoms with E-state index in [9.17, 15) is 4.79 Å². The predicted molar refractivity (Wildman–Crippen MR) is 112 cm³/mol. The van der Waals surface area contributed by atoms with Crippen LogP contribution in [-0.2, 0) is 0 Å². The van der Waals surface area contributed by atoms with Crippen LogP contribution >= 0.6 is 11.3 Å². The summed E-state index contributed by atoms with van der Waals surface area (Å²) >= 11 is 1.67. The van der Waals surface area contributed by atoms with Crippen LogP contribution in [0.25, 0.3) is 10.2 Å². The smallest absolute Gasteiger partial charge is 0.268 e. The number of benzene rings is 2. The van der Waals surface area contributed by atoms with E-state index >= 15 is 0 Å². The van der Waals surface area contributed by atoms with Gasteiger partial charge in [-0.3, -0.25) is 4.79 Å². The van der Waals surface area contributed by atoms with Gasteiger partial charge in [0.25, 0.3) is 5.91 Å². The van der Waals surface area contributed by atoms with Gasteiger partial charge >= 0.3 is 0 Å². The number of aromatic nitrogens is 1. The minimum atomic E-state index is -0.0490. The summed E-state index contributed by atoms with van der Waals surface area (Å²) in [6, 6.07) is 24.5. The van der Waals surface area contributed by atoms with Crippen molar-refractivity contribution >= 4 is 27.5 Å². The third-order valence-electron chi connectivity index (χ3n) is 4.99. The average molecular weight is 375 g/mol. The highest BCUT2D eigenvalue weighted by Crippen LogP contribution is 2.32. The molecule has 0 bridgehead atoms. The Bertz CT molecular complexity index is 1050. The van der Waals surface area contributed by atoms with Gasteiger partial charge in [0.15, 0.2) is 0 Å². The average Bonchev–Trinajstić information content (AvgIpc) is 3.30. The molecule has 1 N–H and O–H groups in total. The zero-order valence-corrected chi connectivity index (χ0v) is 16.2. The van der Waals surface area contributed by atoms with Crippen molar-refractivity contribution in [3.05, 3.63) is 95.0 Å². The summed E-state index contributed by atoms with van der Waals surface area (Å²) in [7, 11) is 0. The topological polar surface area (TPSA) is 34.0 Å². The third kappa shape index (κ3) is 3.40. The number of hydrogen-bond donors (Lipinski definition) is 1. The molecule has 0 aliphatic carbocycles. The zero-order valence-electron chi connectivity index (χ0n) is 15.4. The monoisotopic (exact) mass is 374 g/mol. The van der Waals surface area contributed by atoms with Gasteiger partial charge in [0.1, 0.15) is 10.5 Å². The molecule has 0 aliphatic rings. The number of carbonyl (C=O) groups is 1. The van der Waals surface area contributed by atoms with Gasteiger partial charge in [-0.05, 0) is 42.5 Å². The molecule has 2 heterocycles. The van der Waals surface area contributed by atoms with Crippen molar-refractivity contribution in [1.29, 1.82) is 0 Å². The summed E-state index contributed by atoms with van der Waals surface area (Å²) in [6.45, 7) is 4.16. The summed E-state index contributed by atoms with van der Waals surface area (Å²) in [5.74, 6) is -0.0439. The highest BCUT2D eigenvalue weighted by atomic mass is 32.1. The Hall–Kier alpha value is -2.85. The maximum Gasteiger partial charge on any atom is 0.268 e. The molecule has 0 saturated heterocycles. The maximum atomic E-state index is 13.1. The van der Waals surface area contributed by atoms with Gasteiger partial charge in [-0.1, -0.05) is 60.7 Å². The number of fused-ring (bicyclic) bond motifs is 1. The molecule has 1 amide bonds. The van der Waals surface area contributed by atoms with Crippen molar-refractivity contribution in [1.82, 2.24) is 9.88 Å². The van der Waals surface area contributed by atoms with Crippen LogP contribution in [0.4, 0.5) is 0 Å². The molecule has 136 valence electrons. The summed E-state index contributed by atoms with van der Waals surface area (Å²) in [5, 5.41) is 6.34.